The van der Waals surface area contributed by atoms with E-state index in [0.717, 1.165) is 11.1 Å². The zero-order valence-corrected chi connectivity index (χ0v) is 14.0. The normalized spacial score (nSPS) is 13.0. The number of hydrogen-bond acceptors (Lipinski definition) is 3. The van der Waals surface area contributed by atoms with E-state index < -0.39 is 5.54 Å². The fraction of sp³-hybridized carbons (Fsp3) is 0.263. The molecule has 0 aliphatic heterocycles. The van der Waals surface area contributed by atoms with Gasteiger partial charge in [-0.25, -0.2) is 0 Å². The van der Waals surface area contributed by atoms with Gasteiger partial charge in [0, 0.05) is 18.7 Å². The lowest BCUT2D eigenvalue weighted by Crippen LogP contribution is -2.48. The van der Waals surface area contributed by atoms with Crippen LogP contribution in [-0.2, 0) is 16.9 Å². The van der Waals surface area contributed by atoms with Gasteiger partial charge in [0.15, 0.2) is 0 Å². The SMILES string of the molecule is CCNC(=O)c1cccc(CNC(=O)C(C)(N)c2ccccc2)c1. The Bertz CT molecular complexity index is 712. The van der Waals surface area contributed by atoms with E-state index in [1.54, 1.807) is 25.1 Å². The Hall–Kier alpha value is -2.66. The molecular formula is C19H23N3O2. The van der Waals surface area contributed by atoms with Gasteiger partial charge in [0.1, 0.15) is 5.54 Å². The van der Waals surface area contributed by atoms with E-state index in [2.05, 4.69) is 10.6 Å². The van der Waals surface area contributed by atoms with Crippen molar-refractivity contribution in [1.29, 1.82) is 0 Å². The fourth-order valence-corrected chi connectivity index (χ4v) is 2.37. The summed E-state index contributed by atoms with van der Waals surface area (Å²) in [5, 5.41) is 5.59. The molecule has 2 aromatic rings. The number of amides is 2. The number of nitrogens with one attached hydrogen (secondary N) is 2. The lowest BCUT2D eigenvalue weighted by molar-refractivity contribution is -0.126. The second-order valence-electron chi connectivity index (χ2n) is 5.81. The molecule has 2 amide bonds. The van der Waals surface area contributed by atoms with E-state index in [0.29, 0.717) is 18.7 Å². The fourth-order valence-electron chi connectivity index (χ4n) is 2.37. The second kappa shape index (κ2) is 7.75. The van der Waals surface area contributed by atoms with Crippen molar-refractivity contribution in [1.82, 2.24) is 10.6 Å². The summed E-state index contributed by atoms with van der Waals surface area (Å²) in [7, 11) is 0. The summed E-state index contributed by atoms with van der Waals surface area (Å²) in [6.45, 7) is 4.44. The minimum Gasteiger partial charge on any atom is -0.352 e. The summed E-state index contributed by atoms with van der Waals surface area (Å²) in [6, 6.07) is 16.4. The van der Waals surface area contributed by atoms with Gasteiger partial charge >= 0.3 is 0 Å². The van der Waals surface area contributed by atoms with Crippen LogP contribution in [0.3, 0.4) is 0 Å². The molecule has 0 aromatic heterocycles. The predicted molar refractivity (Wildman–Crippen MR) is 94.3 cm³/mol. The van der Waals surface area contributed by atoms with Crippen LogP contribution in [0.2, 0.25) is 0 Å². The minimum absolute atomic E-state index is 0.126. The maximum absolute atomic E-state index is 12.4. The first-order chi connectivity index (χ1) is 11.4. The number of carbonyl (C=O) groups excluding carboxylic acids is 2. The number of nitrogens with two attached hydrogens (primary N) is 1. The Labute approximate surface area is 142 Å². The Morgan fingerprint density at radius 2 is 1.75 bits per heavy atom. The molecule has 1 atom stereocenters. The summed E-state index contributed by atoms with van der Waals surface area (Å²) in [5.41, 5.74) is 7.24. The first kappa shape index (κ1) is 17.7. The third-order valence-corrected chi connectivity index (χ3v) is 3.82. The van der Waals surface area contributed by atoms with Gasteiger partial charge in [-0.2, -0.15) is 0 Å². The standard InChI is InChI=1S/C19H23N3O2/c1-3-21-17(23)15-9-7-8-14(12-15)13-22-18(24)19(2,20)16-10-5-4-6-11-16/h4-12H,3,13,20H2,1-2H3,(H,21,23)(H,22,24). The molecular weight excluding hydrogens is 302 g/mol. The van der Waals surface area contributed by atoms with E-state index in [9.17, 15) is 9.59 Å². The highest BCUT2D eigenvalue weighted by atomic mass is 16.2. The van der Waals surface area contributed by atoms with Gasteiger partial charge in [-0.1, -0.05) is 42.5 Å². The smallest absolute Gasteiger partial charge is 0.251 e. The number of carbonyl (C=O) groups is 2. The van der Waals surface area contributed by atoms with Crippen molar-refractivity contribution < 1.29 is 9.59 Å². The topological polar surface area (TPSA) is 84.2 Å². The lowest BCUT2D eigenvalue weighted by atomic mass is 9.92. The molecule has 0 aliphatic carbocycles. The second-order valence-corrected chi connectivity index (χ2v) is 5.81. The van der Waals surface area contributed by atoms with E-state index in [4.69, 9.17) is 5.73 Å². The molecule has 1 unspecified atom stereocenters. The van der Waals surface area contributed by atoms with Crippen LogP contribution in [0.25, 0.3) is 0 Å². The van der Waals surface area contributed by atoms with E-state index in [1.807, 2.05) is 43.3 Å². The van der Waals surface area contributed by atoms with Gasteiger partial charge in [-0.15, -0.1) is 0 Å². The Kier molecular flexibility index (Phi) is 5.71. The summed E-state index contributed by atoms with van der Waals surface area (Å²) in [6.07, 6.45) is 0. The van der Waals surface area contributed by atoms with Crippen LogP contribution in [0, 0.1) is 0 Å². The predicted octanol–water partition coefficient (Wildman–Crippen LogP) is 1.93. The van der Waals surface area contributed by atoms with E-state index in [-0.39, 0.29) is 11.8 Å². The lowest BCUT2D eigenvalue weighted by Gasteiger charge is -2.24. The largest absolute Gasteiger partial charge is 0.352 e. The molecule has 0 saturated heterocycles. The Balaban J connectivity index is 2.04. The first-order valence-electron chi connectivity index (χ1n) is 7.95. The maximum Gasteiger partial charge on any atom is 0.251 e. The molecule has 0 spiro atoms. The molecule has 0 heterocycles. The molecule has 5 heteroatoms. The molecule has 2 aromatic carbocycles. The van der Waals surface area contributed by atoms with E-state index in [1.165, 1.54) is 0 Å². The third kappa shape index (κ3) is 4.20. The zero-order valence-electron chi connectivity index (χ0n) is 14.0. The van der Waals surface area contributed by atoms with Crippen molar-refractivity contribution in [2.75, 3.05) is 6.54 Å². The van der Waals surface area contributed by atoms with Crippen molar-refractivity contribution >= 4 is 11.8 Å². The van der Waals surface area contributed by atoms with Gasteiger partial charge in [-0.05, 0) is 37.1 Å². The molecule has 24 heavy (non-hydrogen) atoms. The van der Waals surface area contributed by atoms with Crippen molar-refractivity contribution in [3.63, 3.8) is 0 Å². The average Bonchev–Trinajstić information content (AvgIpc) is 2.60. The van der Waals surface area contributed by atoms with Crippen LogP contribution in [0.4, 0.5) is 0 Å². The van der Waals surface area contributed by atoms with Gasteiger partial charge in [0.2, 0.25) is 5.91 Å². The maximum atomic E-state index is 12.4. The molecule has 2 rings (SSSR count). The van der Waals surface area contributed by atoms with Crippen LogP contribution in [0.1, 0.15) is 35.3 Å². The van der Waals surface area contributed by atoms with Gasteiger partial charge in [0.05, 0.1) is 0 Å². The Morgan fingerprint density at radius 1 is 1.04 bits per heavy atom. The number of benzene rings is 2. The number of hydrogen-bond donors (Lipinski definition) is 3. The van der Waals surface area contributed by atoms with Crippen molar-refractivity contribution in [2.24, 2.45) is 5.73 Å². The van der Waals surface area contributed by atoms with Gasteiger partial charge in [-0.3, -0.25) is 9.59 Å². The molecule has 0 radical (unpaired) electrons. The Morgan fingerprint density at radius 3 is 2.42 bits per heavy atom. The van der Waals surface area contributed by atoms with Crippen LogP contribution >= 0.6 is 0 Å². The van der Waals surface area contributed by atoms with Crippen molar-refractivity contribution in [3.8, 4) is 0 Å². The quantitative estimate of drug-likeness (QED) is 0.759. The zero-order chi connectivity index (χ0) is 17.6. The van der Waals surface area contributed by atoms with Crippen LogP contribution in [-0.4, -0.2) is 18.4 Å². The third-order valence-electron chi connectivity index (χ3n) is 3.82. The molecule has 4 N–H and O–H groups in total. The van der Waals surface area contributed by atoms with Gasteiger partial charge in [0.25, 0.3) is 5.91 Å². The molecule has 5 nitrogen and oxygen atoms in total. The average molecular weight is 325 g/mol. The molecule has 0 bridgehead atoms. The van der Waals surface area contributed by atoms with E-state index >= 15 is 0 Å². The van der Waals surface area contributed by atoms with Gasteiger partial charge < -0.3 is 16.4 Å². The summed E-state index contributed by atoms with van der Waals surface area (Å²) in [4.78, 5) is 24.3. The van der Waals surface area contributed by atoms with Crippen molar-refractivity contribution in [3.05, 3.63) is 71.3 Å². The van der Waals surface area contributed by atoms with Crippen LogP contribution in [0.15, 0.2) is 54.6 Å². The summed E-state index contributed by atoms with van der Waals surface area (Å²) in [5.74, 6) is -0.393. The van der Waals surface area contributed by atoms with Crippen molar-refractivity contribution in [2.45, 2.75) is 25.9 Å². The van der Waals surface area contributed by atoms with Crippen LogP contribution in [0.5, 0.6) is 0 Å². The molecule has 0 aliphatic rings. The summed E-state index contributed by atoms with van der Waals surface area (Å²) >= 11 is 0. The minimum atomic E-state index is -1.11. The van der Waals surface area contributed by atoms with Crippen LogP contribution < -0.4 is 16.4 Å². The monoisotopic (exact) mass is 325 g/mol. The first-order valence-corrected chi connectivity index (χ1v) is 7.95. The molecule has 0 fully saturated rings. The number of rotatable bonds is 6. The highest BCUT2D eigenvalue weighted by Gasteiger charge is 2.29. The molecule has 0 saturated carbocycles. The highest BCUT2D eigenvalue weighted by Crippen LogP contribution is 2.17. The molecule has 126 valence electrons. The highest BCUT2D eigenvalue weighted by molar-refractivity contribution is 5.94. The summed E-state index contributed by atoms with van der Waals surface area (Å²) < 4.78 is 0.